The van der Waals surface area contributed by atoms with Gasteiger partial charge in [0.1, 0.15) is 5.82 Å². The summed E-state index contributed by atoms with van der Waals surface area (Å²) in [5.74, 6) is 0.623. The van der Waals surface area contributed by atoms with Crippen molar-refractivity contribution in [3.63, 3.8) is 0 Å². The highest BCUT2D eigenvalue weighted by molar-refractivity contribution is 5.94. The zero-order chi connectivity index (χ0) is 8.43. The molecule has 0 bridgehead atoms. The summed E-state index contributed by atoms with van der Waals surface area (Å²) < 4.78 is 0. The van der Waals surface area contributed by atoms with Crippen molar-refractivity contribution in [1.29, 1.82) is 0 Å². The van der Waals surface area contributed by atoms with Crippen LogP contribution in [0.3, 0.4) is 0 Å². The lowest BCUT2D eigenvalue weighted by Crippen LogP contribution is -2.17. The molecule has 3 nitrogen and oxygen atoms in total. The Kier molecular flexibility index (Phi) is 1.89. The van der Waals surface area contributed by atoms with Gasteiger partial charge in [0.25, 0.3) is 0 Å². The van der Waals surface area contributed by atoms with Crippen LogP contribution in [0.5, 0.6) is 0 Å². The number of nitrogens with zero attached hydrogens (tertiary/aromatic N) is 3. The zero-order valence-corrected chi connectivity index (χ0v) is 6.83. The number of hydrogen-bond acceptors (Lipinski definition) is 3. The second-order valence-electron chi connectivity index (χ2n) is 2.41. The van der Waals surface area contributed by atoms with Gasteiger partial charge in [0.2, 0.25) is 0 Å². The van der Waals surface area contributed by atoms with Crippen molar-refractivity contribution in [3.8, 4) is 0 Å². The van der Waals surface area contributed by atoms with Crippen LogP contribution >= 0.6 is 0 Å². The molecule has 0 aromatic carbocycles. The van der Waals surface area contributed by atoms with E-state index >= 15 is 0 Å². The summed E-state index contributed by atoms with van der Waals surface area (Å²) in [5, 5.41) is 5.36. The Morgan fingerprint density at radius 1 is 1.55 bits per heavy atom. The van der Waals surface area contributed by atoms with Crippen LogP contribution < -0.4 is 0 Å². The molecule has 0 unspecified atom stereocenters. The van der Waals surface area contributed by atoms with Crippen molar-refractivity contribution in [2.24, 2.45) is 10.1 Å². The van der Waals surface area contributed by atoms with Gasteiger partial charge in [-0.1, -0.05) is 6.58 Å². The van der Waals surface area contributed by atoms with Gasteiger partial charge in [-0.2, -0.15) is 5.10 Å². The fourth-order valence-electron chi connectivity index (χ4n) is 1.04. The first-order valence-corrected chi connectivity index (χ1v) is 3.34. The molecule has 0 N–H and O–H groups in total. The van der Waals surface area contributed by atoms with E-state index in [1.165, 1.54) is 0 Å². The van der Waals surface area contributed by atoms with E-state index in [-0.39, 0.29) is 0 Å². The van der Waals surface area contributed by atoms with Gasteiger partial charge in [-0.25, -0.2) is 10.0 Å². The quantitative estimate of drug-likeness (QED) is 0.522. The molecule has 0 aromatic heterocycles. The van der Waals surface area contributed by atoms with Gasteiger partial charge >= 0.3 is 0 Å². The molecule has 0 fully saturated rings. The van der Waals surface area contributed by atoms with Crippen molar-refractivity contribution in [3.05, 3.63) is 24.2 Å². The smallest absolute Gasteiger partial charge is 0.146 e. The minimum atomic E-state index is 0.623. The van der Waals surface area contributed by atoms with Crippen LogP contribution in [0.2, 0.25) is 0 Å². The first-order valence-electron chi connectivity index (χ1n) is 3.34. The van der Waals surface area contributed by atoms with Crippen molar-refractivity contribution in [2.45, 2.75) is 13.8 Å². The molecule has 0 aromatic rings. The Hall–Kier alpha value is -1.38. The van der Waals surface area contributed by atoms with Gasteiger partial charge in [-0.15, -0.1) is 0 Å². The Balaban J connectivity index is 2.99. The molecular weight excluding hydrogens is 138 g/mol. The van der Waals surface area contributed by atoms with Crippen molar-refractivity contribution in [1.82, 2.24) is 5.01 Å². The zero-order valence-electron chi connectivity index (χ0n) is 6.83. The van der Waals surface area contributed by atoms with Crippen LogP contribution in [0.25, 0.3) is 0 Å². The number of hydrazone groups is 1. The van der Waals surface area contributed by atoms with Gasteiger partial charge in [0, 0.05) is 18.1 Å². The first kappa shape index (κ1) is 7.72. The Morgan fingerprint density at radius 3 is 2.64 bits per heavy atom. The lowest BCUT2D eigenvalue weighted by atomic mass is 10.3. The second kappa shape index (κ2) is 2.70. The standard InChI is InChI=1S/C8H11N3/c1-6-5-7(2)11(9-4)8(3)10-6/h5H,3-4H2,1-2H3. The predicted molar refractivity (Wildman–Crippen MR) is 47.4 cm³/mol. The third-order valence-electron chi connectivity index (χ3n) is 1.44. The molecular formula is C8H11N3. The van der Waals surface area contributed by atoms with Crippen LogP contribution in [0, 0.1) is 0 Å². The molecule has 0 aliphatic carbocycles. The highest BCUT2D eigenvalue weighted by Gasteiger charge is 2.10. The van der Waals surface area contributed by atoms with E-state index in [1.807, 2.05) is 19.9 Å². The summed E-state index contributed by atoms with van der Waals surface area (Å²) in [6, 6.07) is 0. The third kappa shape index (κ3) is 1.37. The van der Waals surface area contributed by atoms with Crippen molar-refractivity contribution < 1.29 is 0 Å². The van der Waals surface area contributed by atoms with Crippen molar-refractivity contribution in [2.75, 3.05) is 0 Å². The van der Waals surface area contributed by atoms with Gasteiger partial charge in [0.05, 0.1) is 0 Å². The van der Waals surface area contributed by atoms with E-state index in [0.717, 1.165) is 11.4 Å². The minimum Gasteiger partial charge on any atom is -0.235 e. The van der Waals surface area contributed by atoms with Gasteiger partial charge < -0.3 is 0 Å². The molecule has 0 atom stereocenters. The van der Waals surface area contributed by atoms with Gasteiger partial charge in [0.15, 0.2) is 0 Å². The van der Waals surface area contributed by atoms with Crippen LogP contribution in [-0.4, -0.2) is 17.4 Å². The van der Waals surface area contributed by atoms with E-state index in [4.69, 9.17) is 0 Å². The number of aliphatic imine (C=N–C) groups is 1. The van der Waals surface area contributed by atoms with Crippen LogP contribution in [0.1, 0.15) is 13.8 Å². The van der Waals surface area contributed by atoms with Crippen LogP contribution in [0.15, 0.2) is 34.3 Å². The summed E-state index contributed by atoms with van der Waals surface area (Å²) in [6.07, 6.45) is 1.93. The normalized spacial score (nSPS) is 17.6. The predicted octanol–water partition coefficient (Wildman–Crippen LogP) is 1.75. The maximum atomic E-state index is 4.12. The Bertz CT molecular complexity index is 261. The van der Waals surface area contributed by atoms with E-state index in [1.54, 1.807) is 5.01 Å². The third-order valence-corrected chi connectivity index (χ3v) is 1.44. The monoisotopic (exact) mass is 149 g/mol. The SMILES string of the molecule is C=NN1C(=C)N=C(C)C=C1C. The second-order valence-corrected chi connectivity index (χ2v) is 2.41. The van der Waals surface area contributed by atoms with E-state index in [9.17, 15) is 0 Å². The molecule has 0 saturated carbocycles. The fraction of sp³-hybridized carbons (Fsp3) is 0.250. The van der Waals surface area contributed by atoms with Crippen LogP contribution in [-0.2, 0) is 0 Å². The number of allylic oxidation sites excluding steroid dienone is 2. The highest BCUT2D eigenvalue weighted by atomic mass is 15.5. The first-order chi connectivity index (χ1) is 5.15. The molecule has 1 aliphatic heterocycles. The van der Waals surface area contributed by atoms with Crippen LogP contribution in [0.4, 0.5) is 0 Å². The van der Waals surface area contributed by atoms with E-state index in [2.05, 4.69) is 23.4 Å². The maximum absolute atomic E-state index is 4.12. The van der Waals surface area contributed by atoms with Crippen molar-refractivity contribution >= 4 is 12.4 Å². The molecule has 1 rings (SSSR count). The number of hydrogen-bond donors (Lipinski definition) is 0. The summed E-state index contributed by atoms with van der Waals surface area (Å²) >= 11 is 0. The topological polar surface area (TPSA) is 28.0 Å². The molecule has 1 aliphatic rings. The molecule has 3 heteroatoms. The highest BCUT2D eigenvalue weighted by Crippen LogP contribution is 2.17. The number of rotatable bonds is 1. The average molecular weight is 149 g/mol. The lowest BCUT2D eigenvalue weighted by Gasteiger charge is -2.21. The summed E-state index contributed by atoms with van der Waals surface area (Å²) in [5.41, 5.74) is 1.95. The fourth-order valence-corrected chi connectivity index (χ4v) is 1.04. The molecule has 0 spiro atoms. The molecule has 0 amide bonds. The van der Waals surface area contributed by atoms with E-state index in [0.29, 0.717) is 5.82 Å². The minimum absolute atomic E-state index is 0.623. The summed E-state index contributed by atoms with van der Waals surface area (Å²) in [4.78, 5) is 4.12. The molecule has 1 heterocycles. The summed E-state index contributed by atoms with van der Waals surface area (Å²) in [7, 11) is 0. The molecule has 0 saturated heterocycles. The van der Waals surface area contributed by atoms with E-state index < -0.39 is 0 Å². The Labute approximate surface area is 66.4 Å². The maximum Gasteiger partial charge on any atom is 0.146 e. The molecule has 0 radical (unpaired) electrons. The summed E-state index contributed by atoms with van der Waals surface area (Å²) in [6.45, 7) is 11.0. The molecule has 11 heavy (non-hydrogen) atoms. The Morgan fingerprint density at radius 2 is 2.18 bits per heavy atom. The average Bonchev–Trinajstić information content (AvgIpc) is 1.85. The lowest BCUT2D eigenvalue weighted by molar-refractivity contribution is 0.453. The van der Waals surface area contributed by atoms with Gasteiger partial charge in [-0.3, -0.25) is 0 Å². The largest absolute Gasteiger partial charge is 0.235 e. The molecule has 58 valence electrons. The van der Waals surface area contributed by atoms with Gasteiger partial charge in [-0.05, 0) is 19.9 Å².